The van der Waals surface area contributed by atoms with Crippen LogP contribution in [0.1, 0.15) is 11.1 Å². The Morgan fingerprint density at radius 3 is 2.55 bits per heavy atom. The monoisotopic (exact) mass is 153 g/mol. The van der Waals surface area contributed by atoms with E-state index in [1.54, 1.807) is 12.1 Å². The molecule has 0 spiro atoms. The van der Waals surface area contributed by atoms with Gasteiger partial charge in [-0.15, -0.1) is 0 Å². The molecule has 0 radical (unpaired) electrons. The van der Waals surface area contributed by atoms with Gasteiger partial charge in [-0.1, -0.05) is 12.1 Å². The van der Waals surface area contributed by atoms with E-state index in [0.29, 0.717) is 17.7 Å². The van der Waals surface area contributed by atoms with E-state index in [0.717, 1.165) is 0 Å². The molecule has 0 bridgehead atoms. The highest BCUT2D eigenvalue weighted by atomic mass is 16.3. The molecule has 0 aromatic heterocycles. The minimum atomic E-state index is -0.0571. The van der Waals surface area contributed by atoms with Crippen molar-refractivity contribution in [1.29, 1.82) is 0 Å². The van der Waals surface area contributed by atoms with Crippen molar-refractivity contribution in [3.8, 4) is 5.75 Å². The number of rotatable bonds is 2. The van der Waals surface area contributed by atoms with Gasteiger partial charge in [0, 0.05) is 12.1 Å². The number of phenols is 1. The average molecular weight is 153 g/mol. The van der Waals surface area contributed by atoms with Crippen molar-refractivity contribution in [2.75, 3.05) is 0 Å². The smallest absolute Gasteiger partial charge is 0.120 e. The highest BCUT2D eigenvalue weighted by Gasteiger charge is 1.98. The third-order valence-corrected chi connectivity index (χ3v) is 1.55. The van der Waals surface area contributed by atoms with Crippen molar-refractivity contribution in [2.45, 2.75) is 13.2 Å². The largest absolute Gasteiger partial charge is 0.508 e. The van der Waals surface area contributed by atoms with Gasteiger partial charge in [0.1, 0.15) is 5.75 Å². The van der Waals surface area contributed by atoms with Gasteiger partial charge in [0.25, 0.3) is 0 Å². The van der Waals surface area contributed by atoms with Crippen LogP contribution in [0.2, 0.25) is 0 Å². The lowest BCUT2D eigenvalue weighted by atomic mass is 10.1. The molecule has 60 valence electrons. The lowest BCUT2D eigenvalue weighted by molar-refractivity contribution is 0.281. The number of aliphatic hydroxyl groups is 1. The number of hydrogen-bond acceptors (Lipinski definition) is 3. The van der Waals surface area contributed by atoms with Crippen LogP contribution >= 0.6 is 0 Å². The summed E-state index contributed by atoms with van der Waals surface area (Å²) in [6.45, 7) is 0.260. The summed E-state index contributed by atoms with van der Waals surface area (Å²) in [6.07, 6.45) is 0. The number of aromatic hydroxyl groups is 1. The van der Waals surface area contributed by atoms with E-state index in [9.17, 15) is 5.11 Å². The molecule has 0 saturated carbocycles. The second-order valence-electron chi connectivity index (χ2n) is 2.33. The van der Waals surface area contributed by atoms with Crippen LogP contribution < -0.4 is 5.73 Å². The molecule has 0 aliphatic carbocycles. The van der Waals surface area contributed by atoms with Crippen molar-refractivity contribution in [2.24, 2.45) is 5.73 Å². The summed E-state index contributed by atoms with van der Waals surface area (Å²) in [6, 6.07) is 4.96. The van der Waals surface area contributed by atoms with Gasteiger partial charge in [-0.2, -0.15) is 0 Å². The summed E-state index contributed by atoms with van der Waals surface area (Å²) in [7, 11) is 0. The quantitative estimate of drug-likeness (QED) is 0.574. The van der Waals surface area contributed by atoms with Gasteiger partial charge < -0.3 is 15.9 Å². The number of nitrogens with two attached hydrogens (primary N) is 1. The predicted octanol–water partition coefficient (Wildman–Crippen LogP) is 0.343. The molecule has 0 aliphatic rings. The van der Waals surface area contributed by atoms with Crippen molar-refractivity contribution in [3.05, 3.63) is 29.3 Å². The van der Waals surface area contributed by atoms with E-state index in [1.165, 1.54) is 6.07 Å². The molecule has 0 amide bonds. The van der Waals surface area contributed by atoms with Crippen LogP contribution in [0.3, 0.4) is 0 Å². The highest BCUT2D eigenvalue weighted by molar-refractivity contribution is 5.35. The molecule has 4 N–H and O–H groups in total. The fraction of sp³-hybridized carbons (Fsp3) is 0.250. The standard InChI is InChI=1S/C8H11NO2/c9-4-7-2-1-6(5-10)3-8(7)11/h1-3,10-11H,4-5,9H2. The van der Waals surface area contributed by atoms with Crippen LogP contribution in [-0.4, -0.2) is 10.2 Å². The van der Waals surface area contributed by atoms with Crippen LogP contribution in [0.25, 0.3) is 0 Å². The first-order chi connectivity index (χ1) is 5.27. The molecule has 0 heterocycles. The Hall–Kier alpha value is -1.06. The molecule has 0 atom stereocenters. The van der Waals surface area contributed by atoms with E-state index >= 15 is 0 Å². The fourth-order valence-electron chi connectivity index (χ4n) is 0.880. The summed E-state index contributed by atoms with van der Waals surface area (Å²) < 4.78 is 0. The van der Waals surface area contributed by atoms with E-state index < -0.39 is 0 Å². The molecular formula is C8H11NO2. The third kappa shape index (κ3) is 1.69. The number of phenolic OH excluding ortho intramolecular Hbond substituents is 1. The number of aliphatic hydroxyl groups excluding tert-OH is 1. The minimum Gasteiger partial charge on any atom is -0.508 e. The second-order valence-corrected chi connectivity index (χ2v) is 2.33. The van der Waals surface area contributed by atoms with Crippen molar-refractivity contribution in [1.82, 2.24) is 0 Å². The Morgan fingerprint density at radius 2 is 2.09 bits per heavy atom. The zero-order valence-corrected chi connectivity index (χ0v) is 6.12. The molecule has 0 fully saturated rings. The molecule has 1 aromatic rings. The van der Waals surface area contributed by atoms with Gasteiger partial charge in [-0.3, -0.25) is 0 Å². The Morgan fingerprint density at radius 1 is 1.36 bits per heavy atom. The average Bonchev–Trinajstić information content (AvgIpc) is 2.04. The van der Waals surface area contributed by atoms with Gasteiger partial charge in [0.2, 0.25) is 0 Å². The van der Waals surface area contributed by atoms with Crippen molar-refractivity contribution in [3.63, 3.8) is 0 Å². The summed E-state index contributed by atoms with van der Waals surface area (Å²) >= 11 is 0. The lowest BCUT2D eigenvalue weighted by Gasteiger charge is -2.02. The summed E-state index contributed by atoms with van der Waals surface area (Å²) in [5.74, 6) is 0.152. The maximum absolute atomic E-state index is 9.23. The summed E-state index contributed by atoms with van der Waals surface area (Å²) in [5, 5.41) is 17.9. The Bertz CT molecular complexity index is 248. The van der Waals surface area contributed by atoms with E-state index in [-0.39, 0.29) is 12.4 Å². The van der Waals surface area contributed by atoms with Crippen molar-refractivity contribution >= 4 is 0 Å². The molecule has 0 aliphatic heterocycles. The van der Waals surface area contributed by atoms with Crippen LogP contribution in [0.4, 0.5) is 0 Å². The molecule has 1 rings (SSSR count). The maximum atomic E-state index is 9.23. The number of benzene rings is 1. The topological polar surface area (TPSA) is 66.5 Å². The van der Waals surface area contributed by atoms with Gasteiger partial charge in [0.05, 0.1) is 6.61 Å². The van der Waals surface area contributed by atoms with Gasteiger partial charge in [-0.05, 0) is 11.6 Å². The zero-order chi connectivity index (χ0) is 8.27. The minimum absolute atomic E-state index is 0.0571. The van der Waals surface area contributed by atoms with Crippen molar-refractivity contribution < 1.29 is 10.2 Å². The molecule has 11 heavy (non-hydrogen) atoms. The van der Waals surface area contributed by atoms with Crippen LogP contribution in [-0.2, 0) is 13.2 Å². The van der Waals surface area contributed by atoms with Gasteiger partial charge >= 0.3 is 0 Å². The molecule has 3 heteroatoms. The van der Waals surface area contributed by atoms with E-state index in [1.807, 2.05) is 0 Å². The van der Waals surface area contributed by atoms with Gasteiger partial charge in [0.15, 0.2) is 0 Å². The molecular weight excluding hydrogens is 142 g/mol. The Balaban J connectivity index is 2.99. The SMILES string of the molecule is NCc1ccc(CO)cc1O. The fourth-order valence-corrected chi connectivity index (χ4v) is 0.880. The second kappa shape index (κ2) is 3.37. The Labute approximate surface area is 65.1 Å². The van der Waals surface area contributed by atoms with E-state index in [2.05, 4.69) is 0 Å². The maximum Gasteiger partial charge on any atom is 0.120 e. The summed E-state index contributed by atoms with van der Waals surface area (Å²) in [5.41, 5.74) is 6.71. The molecule has 3 nitrogen and oxygen atoms in total. The van der Waals surface area contributed by atoms with E-state index in [4.69, 9.17) is 10.8 Å². The molecule has 0 saturated heterocycles. The van der Waals surface area contributed by atoms with Crippen LogP contribution in [0.5, 0.6) is 5.75 Å². The third-order valence-electron chi connectivity index (χ3n) is 1.55. The van der Waals surface area contributed by atoms with Gasteiger partial charge in [-0.25, -0.2) is 0 Å². The zero-order valence-electron chi connectivity index (χ0n) is 6.12. The lowest BCUT2D eigenvalue weighted by Crippen LogP contribution is -1.96. The predicted molar refractivity (Wildman–Crippen MR) is 41.9 cm³/mol. The Kier molecular flexibility index (Phi) is 2.46. The first kappa shape index (κ1) is 8.04. The molecule has 0 unspecified atom stereocenters. The first-order valence-electron chi connectivity index (χ1n) is 3.39. The summed E-state index contributed by atoms with van der Waals surface area (Å²) in [4.78, 5) is 0. The first-order valence-corrected chi connectivity index (χ1v) is 3.39. The molecule has 1 aromatic carbocycles. The van der Waals surface area contributed by atoms with Crippen LogP contribution in [0, 0.1) is 0 Å². The number of hydrogen-bond donors (Lipinski definition) is 3. The van der Waals surface area contributed by atoms with Crippen LogP contribution in [0.15, 0.2) is 18.2 Å². The normalized spacial score (nSPS) is 10.0. The highest BCUT2D eigenvalue weighted by Crippen LogP contribution is 2.17.